The maximum absolute atomic E-state index is 13.0. The summed E-state index contributed by atoms with van der Waals surface area (Å²) in [6.45, 7) is 7.33. The number of nitrogens with zero attached hydrogens (tertiary/aromatic N) is 3. The highest BCUT2D eigenvalue weighted by Crippen LogP contribution is 2.28. The first-order valence-corrected chi connectivity index (χ1v) is 10.3. The van der Waals surface area contributed by atoms with Crippen molar-refractivity contribution in [2.75, 3.05) is 32.7 Å². The predicted octanol–water partition coefficient (Wildman–Crippen LogP) is 1.30. The second-order valence-electron chi connectivity index (χ2n) is 7.62. The van der Waals surface area contributed by atoms with Crippen LogP contribution in [0.2, 0.25) is 0 Å². The summed E-state index contributed by atoms with van der Waals surface area (Å²) >= 11 is 0. The zero-order valence-corrected chi connectivity index (χ0v) is 15.1. The maximum atomic E-state index is 13.0. The molecule has 0 aromatic rings. The van der Waals surface area contributed by atoms with Crippen molar-refractivity contribution in [2.45, 2.75) is 52.0 Å². The molecular weight excluding hydrogens is 314 g/mol. The molecule has 0 unspecified atom stereocenters. The molecule has 23 heavy (non-hydrogen) atoms. The molecule has 3 saturated heterocycles. The van der Waals surface area contributed by atoms with Gasteiger partial charge in [0.1, 0.15) is 0 Å². The third kappa shape index (κ3) is 3.56. The highest BCUT2D eigenvalue weighted by Gasteiger charge is 2.39. The lowest BCUT2D eigenvalue weighted by Gasteiger charge is -2.41. The lowest BCUT2D eigenvalue weighted by Crippen LogP contribution is -2.55. The minimum Gasteiger partial charge on any atom is -0.338 e. The van der Waals surface area contributed by atoms with Crippen LogP contribution in [0.15, 0.2) is 0 Å². The fourth-order valence-corrected chi connectivity index (χ4v) is 6.33. The van der Waals surface area contributed by atoms with Crippen LogP contribution in [0.3, 0.4) is 0 Å². The number of rotatable bonds is 3. The van der Waals surface area contributed by atoms with Gasteiger partial charge >= 0.3 is 0 Å². The Morgan fingerprint density at radius 3 is 2.26 bits per heavy atom. The number of hydrogen-bond donors (Lipinski definition) is 0. The van der Waals surface area contributed by atoms with Gasteiger partial charge in [0.25, 0.3) is 10.2 Å². The Balaban J connectivity index is 1.70. The summed E-state index contributed by atoms with van der Waals surface area (Å²) in [6.07, 6.45) is 4.38. The summed E-state index contributed by atoms with van der Waals surface area (Å²) in [5.41, 5.74) is 0. The monoisotopic (exact) mass is 343 g/mol. The molecule has 7 heteroatoms. The van der Waals surface area contributed by atoms with E-state index >= 15 is 0 Å². The third-order valence-corrected chi connectivity index (χ3v) is 7.33. The van der Waals surface area contributed by atoms with Crippen molar-refractivity contribution >= 4 is 16.1 Å². The Morgan fingerprint density at radius 1 is 0.957 bits per heavy atom. The summed E-state index contributed by atoms with van der Waals surface area (Å²) in [5, 5.41) is 0. The summed E-state index contributed by atoms with van der Waals surface area (Å²) < 4.78 is 29.3. The van der Waals surface area contributed by atoms with E-state index in [1.165, 1.54) is 0 Å². The highest BCUT2D eigenvalue weighted by atomic mass is 32.2. The molecule has 0 saturated carbocycles. The Bertz CT molecular complexity index is 541. The number of piperidine rings is 2. The minimum absolute atomic E-state index is 0.0631. The lowest BCUT2D eigenvalue weighted by atomic mass is 9.94. The molecule has 0 aliphatic carbocycles. The Hall–Kier alpha value is -0.660. The Morgan fingerprint density at radius 2 is 1.65 bits per heavy atom. The molecule has 6 nitrogen and oxygen atoms in total. The molecule has 3 atom stereocenters. The van der Waals surface area contributed by atoms with Gasteiger partial charge in [0.15, 0.2) is 0 Å². The number of amides is 1. The number of carbonyl (C=O) groups is 1. The Kier molecular flexibility index (Phi) is 4.99. The molecule has 0 aromatic heterocycles. The predicted molar refractivity (Wildman–Crippen MR) is 89.0 cm³/mol. The van der Waals surface area contributed by atoms with Gasteiger partial charge in [-0.25, -0.2) is 0 Å². The summed E-state index contributed by atoms with van der Waals surface area (Å²) in [6, 6.07) is 0.0631. The quantitative estimate of drug-likeness (QED) is 0.776. The van der Waals surface area contributed by atoms with Crippen molar-refractivity contribution in [3.63, 3.8) is 0 Å². The van der Waals surface area contributed by atoms with E-state index in [4.69, 9.17) is 0 Å². The van der Waals surface area contributed by atoms with Crippen LogP contribution in [-0.4, -0.2) is 66.6 Å². The summed E-state index contributed by atoms with van der Waals surface area (Å²) in [7, 11) is -3.40. The first-order valence-electron chi connectivity index (χ1n) is 8.92. The molecule has 3 heterocycles. The normalized spacial score (nSPS) is 35.0. The van der Waals surface area contributed by atoms with Crippen LogP contribution >= 0.6 is 0 Å². The largest absolute Gasteiger partial charge is 0.338 e. The van der Waals surface area contributed by atoms with E-state index in [1.807, 2.05) is 4.90 Å². The molecule has 3 aliphatic heterocycles. The van der Waals surface area contributed by atoms with Crippen molar-refractivity contribution in [2.24, 2.45) is 11.8 Å². The first kappa shape index (κ1) is 17.2. The van der Waals surface area contributed by atoms with E-state index in [0.29, 0.717) is 44.4 Å². The molecule has 0 bridgehead atoms. The fraction of sp³-hybridized carbons (Fsp3) is 0.938. The van der Waals surface area contributed by atoms with Gasteiger partial charge in [0, 0.05) is 45.2 Å². The topological polar surface area (TPSA) is 60.9 Å². The zero-order chi connectivity index (χ0) is 16.6. The van der Waals surface area contributed by atoms with Crippen LogP contribution < -0.4 is 0 Å². The van der Waals surface area contributed by atoms with Gasteiger partial charge in [0.2, 0.25) is 5.91 Å². The third-order valence-electron chi connectivity index (χ3n) is 5.40. The number of carbonyl (C=O) groups excluding carboxylic acids is 1. The van der Waals surface area contributed by atoms with Crippen LogP contribution in [0.4, 0.5) is 0 Å². The molecule has 3 rings (SSSR count). The molecule has 3 fully saturated rings. The van der Waals surface area contributed by atoms with E-state index in [-0.39, 0.29) is 11.9 Å². The summed E-state index contributed by atoms with van der Waals surface area (Å²) in [4.78, 5) is 13.9. The van der Waals surface area contributed by atoms with Gasteiger partial charge in [-0.15, -0.1) is 0 Å². The maximum Gasteiger partial charge on any atom is 0.282 e. The number of likely N-dealkylation sites (tertiary alicyclic amines) is 1. The molecule has 132 valence electrons. The van der Waals surface area contributed by atoms with Gasteiger partial charge in [-0.2, -0.15) is 17.0 Å². The second kappa shape index (κ2) is 6.69. The van der Waals surface area contributed by atoms with Gasteiger partial charge in [-0.05, 0) is 37.5 Å². The molecule has 0 spiro atoms. The molecule has 1 amide bonds. The van der Waals surface area contributed by atoms with Crippen molar-refractivity contribution in [1.82, 2.24) is 13.5 Å². The van der Waals surface area contributed by atoms with Gasteiger partial charge < -0.3 is 4.90 Å². The number of hydrogen-bond acceptors (Lipinski definition) is 3. The highest BCUT2D eigenvalue weighted by molar-refractivity contribution is 7.86. The average Bonchev–Trinajstić information content (AvgIpc) is 2.92. The van der Waals surface area contributed by atoms with Crippen molar-refractivity contribution in [3.05, 3.63) is 0 Å². The first-order chi connectivity index (χ1) is 10.9. The van der Waals surface area contributed by atoms with E-state index in [2.05, 4.69) is 13.8 Å². The van der Waals surface area contributed by atoms with Gasteiger partial charge in [0.05, 0.1) is 0 Å². The van der Waals surface area contributed by atoms with E-state index < -0.39 is 10.2 Å². The Labute approximate surface area is 140 Å². The van der Waals surface area contributed by atoms with Crippen LogP contribution in [0.5, 0.6) is 0 Å². The van der Waals surface area contributed by atoms with Gasteiger partial charge in [-0.1, -0.05) is 13.8 Å². The van der Waals surface area contributed by atoms with Gasteiger partial charge in [-0.3, -0.25) is 4.79 Å². The van der Waals surface area contributed by atoms with E-state index in [9.17, 15) is 13.2 Å². The zero-order valence-electron chi connectivity index (χ0n) is 14.3. The fourth-order valence-electron chi connectivity index (χ4n) is 4.40. The second-order valence-corrected chi connectivity index (χ2v) is 9.54. The van der Waals surface area contributed by atoms with Crippen LogP contribution in [-0.2, 0) is 15.0 Å². The molecule has 0 radical (unpaired) electrons. The average molecular weight is 343 g/mol. The lowest BCUT2D eigenvalue weighted by molar-refractivity contribution is -0.130. The minimum atomic E-state index is -3.40. The van der Waals surface area contributed by atoms with E-state index in [1.54, 1.807) is 8.61 Å². The van der Waals surface area contributed by atoms with E-state index in [0.717, 1.165) is 32.2 Å². The van der Waals surface area contributed by atoms with Crippen LogP contribution in [0, 0.1) is 11.8 Å². The van der Waals surface area contributed by atoms with Crippen molar-refractivity contribution in [3.8, 4) is 0 Å². The van der Waals surface area contributed by atoms with Crippen molar-refractivity contribution < 1.29 is 13.2 Å². The van der Waals surface area contributed by atoms with Crippen LogP contribution in [0.25, 0.3) is 0 Å². The molecular formula is C16H29N3O3S. The van der Waals surface area contributed by atoms with Crippen molar-refractivity contribution in [1.29, 1.82) is 0 Å². The smallest absolute Gasteiger partial charge is 0.282 e. The molecule has 0 aromatic carbocycles. The standard InChI is InChI=1S/C16H29N3O3S/c1-13-9-14(2)11-18(10-13)23(21,22)17-7-3-5-15(12-17)19-8-4-6-16(19)20/h13-15H,3-12H2,1-2H3/t13-,14-,15+/m1/s1. The van der Waals surface area contributed by atoms with Crippen LogP contribution in [0.1, 0.15) is 46.0 Å². The molecule has 0 N–H and O–H groups in total. The summed E-state index contributed by atoms with van der Waals surface area (Å²) in [5.74, 6) is 1.01. The SMILES string of the molecule is C[C@@H]1C[C@@H](C)CN(S(=O)(=O)N2CCC[C@H](N3CCCC3=O)C2)C1. The molecule has 3 aliphatic rings.